The fourth-order valence-electron chi connectivity index (χ4n) is 3.07. The standard InChI is InChI=1S/C21H18N4OS/c1-14-12-17(15(2)25(14)19-10-6-7-11-22-19)20(26)24-21-23-18(13-27-21)16-8-4-3-5-9-16/h3-13H,1-2H3,(H,23,24,26). The van der Waals surface area contributed by atoms with E-state index in [-0.39, 0.29) is 5.91 Å². The van der Waals surface area contributed by atoms with E-state index in [9.17, 15) is 4.79 Å². The van der Waals surface area contributed by atoms with Gasteiger partial charge >= 0.3 is 0 Å². The summed E-state index contributed by atoms with van der Waals surface area (Å²) in [4.78, 5) is 21.7. The smallest absolute Gasteiger partial charge is 0.259 e. The van der Waals surface area contributed by atoms with Crippen molar-refractivity contribution in [3.8, 4) is 17.1 Å². The fraction of sp³-hybridized carbons (Fsp3) is 0.0952. The summed E-state index contributed by atoms with van der Waals surface area (Å²) in [5.74, 6) is 0.631. The minimum atomic E-state index is -0.167. The molecule has 0 atom stereocenters. The summed E-state index contributed by atoms with van der Waals surface area (Å²) < 4.78 is 1.98. The van der Waals surface area contributed by atoms with Crippen LogP contribution in [0.25, 0.3) is 17.1 Å². The second-order valence-electron chi connectivity index (χ2n) is 6.17. The predicted octanol–water partition coefficient (Wildman–Crippen LogP) is 4.86. The fourth-order valence-corrected chi connectivity index (χ4v) is 3.78. The lowest BCUT2D eigenvalue weighted by Crippen LogP contribution is -2.13. The molecule has 0 bridgehead atoms. The van der Waals surface area contributed by atoms with Gasteiger partial charge in [-0.1, -0.05) is 36.4 Å². The first kappa shape index (κ1) is 17.2. The zero-order valence-electron chi connectivity index (χ0n) is 15.0. The van der Waals surface area contributed by atoms with Crippen molar-refractivity contribution < 1.29 is 4.79 Å². The highest BCUT2D eigenvalue weighted by atomic mass is 32.1. The van der Waals surface area contributed by atoms with E-state index < -0.39 is 0 Å². The Labute approximate surface area is 161 Å². The zero-order valence-corrected chi connectivity index (χ0v) is 15.8. The van der Waals surface area contributed by atoms with E-state index in [2.05, 4.69) is 15.3 Å². The number of amides is 1. The van der Waals surface area contributed by atoms with Crippen LogP contribution in [0.5, 0.6) is 0 Å². The number of nitrogens with one attached hydrogen (secondary N) is 1. The second-order valence-corrected chi connectivity index (χ2v) is 7.02. The quantitative estimate of drug-likeness (QED) is 0.555. The monoisotopic (exact) mass is 374 g/mol. The Hall–Kier alpha value is -3.25. The summed E-state index contributed by atoms with van der Waals surface area (Å²) in [6, 6.07) is 17.5. The summed E-state index contributed by atoms with van der Waals surface area (Å²) in [6.07, 6.45) is 1.74. The number of thiazole rings is 1. The molecule has 27 heavy (non-hydrogen) atoms. The van der Waals surface area contributed by atoms with Crippen molar-refractivity contribution >= 4 is 22.4 Å². The van der Waals surface area contributed by atoms with Gasteiger partial charge in [0.15, 0.2) is 5.13 Å². The lowest BCUT2D eigenvalue weighted by molar-refractivity contribution is 0.102. The SMILES string of the molecule is Cc1cc(C(=O)Nc2nc(-c3ccccc3)cs2)c(C)n1-c1ccccn1. The number of carbonyl (C=O) groups excluding carboxylic acids is 1. The molecule has 1 amide bonds. The van der Waals surface area contributed by atoms with Gasteiger partial charge in [0.1, 0.15) is 5.82 Å². The van der Waals surface area contributed by atoms with Crippen molar-refractivity contribution in [2.24, 2.45) is 0 Å². The van der Waals surface area contributed by atoms with Gasteiger partial charge in [-0.2, -0.15) is 0 Å². The Morgan fingerprint density at radius 3 is 2.59 bits per heavy atom. The summed E-state index contributed by atoms with van der Waals surface area (Å²) in [5, 5.41) is 5.45. The summed E-state index contributed by atoms with van der Waals surface area (Å²) in [6.45, 7) is 3.89. The van der Waals surface area contributed by atoms with Gasteiger partial charge in [-0.3, -0.25) is 10.1 Å². The van der Waals surface area contributed by atoms with E-state index in [1.54, 1.807) is 6.20 Å². The number of rotatable bonds is 4. The Balaban J connectivity index is 1.59. The molecular weight excluding hydrogens is 356 g/mol. The van der Waals surface area contributed by atoms with E-state index >= 15 is 0 Å². The summed E-state index contributed by atoms with van der Waals surface area (Å²) in [5.41, 5.74) is 4.32. The summed E-state index contributed by atoms with van der Waals surface area (Å²) in [7, 11) is 0. The average Bonchev–Trinajstić information content (AvgIpc) is 3.27. The van der Waals surface area contributed by atoms with Gasteiger partial charge in [0.05, 0.1) is 11.3 Å². The maximum absolute atomic E-state index is 12.8. The molecule has 4 rings (SSSR count). The van der Waals surface area contributed by atoms with Gasteiger partial charge in [-0.25, -0.2) is 9.97 Å². The predicted molar refractivity (Wildman–Crippen MR) is 109 cm³/mol. The molecule has 0 unspecified atom stereocenters. The number of hydrogen-bond acceptors (Lipinski definition) is 4. The molecule has 0 radical (unpaired) electrons. The lowest BCUT2D eigenvalue weighted by atomic mass is 10.2. The number of carbonyl (C=O) groups is 1. The van der Waals surface area contributed by atoms with Crippen LogP contribution in [-0.4, -0.2) is 20.4 Å². The van der Waals surface area contributed by atoms with Crippen LogP contribution >= 0.6 is 11.3 Å². The Morgan fingerprint density at radius 1 is 1.07 bits per heavy atom. The van der Waals surface area contributed by atoms with Gasteiger partial charge in [-0.05, 0) is 32.0 Å². The molecule has 0 saturated carbocycles. The third-order valence-electron chi connectivity index (χ3n) is 4.35. The third kappa shape index (κ3) is 3.39. The van der Waals surface area contributed by atoms with E-state index in [4.69, 9.17) is 0 Å². The number of anilines is 1. The van der Waals surface area contributed by atoms with E-state index in [1.165, 1.54) is 11.3 Å². The van der Waals surface area contributed by atoms with Crippen molar-refractivity contribution in [2.75, 3.05) is 5.32 Å². The number of aromatic nitrogens is 3. The van der Waals surface area contributed by atoms with Crippen LogP contribution in [0, 0.1) is 13.8 Å². The molecule has 1 aromatic carbocycles. The molecule has 0 spiro atoms. The minimum absolute atomic E-state index is 0.167. The molecular formula is C21H18N4OS. The number of benzene rings is 1. The maximum Gasteiger partial charge on any atom is 0.259 e. The maximum atomic E-state index is 12.8. The molecule has 6 heteroatoms. The number of nitrogens with zero attached hydrogens (tertiary/aromatic N) is 3. The highest BCUT2D eigenvalue weighted by Gasteiger charge is 2.18. The summed E-state index contributed by atoms with van der Waals surface area (Å²) >= 11 is 1.42. The van der Waals surface area contributed by atoms with Crippen molar-refractivity contribution in [1.82, 2.24) is 14.5 Å². The lowest BCUT2D eigenvalue weighted by Gasteiger charge is -2.08. The van der Waals surface area contributed by atoms with Crippen LogP contribution in [0.15, 0.2) is 66.2 Å². The first-order valence-electron chi connectivity index (χ1n) is 8.56. The first-order chi connectivity index (χ1) is 13.1. The van der Waals surface area contributed by atoms with Crippen LogP contribution in [0.4, 0.5) is 5.13 Å². The van der Waals surface area contributed by atoms with Crippen LogP contribution in [0.2, 0.25) is 0 Å². The van der Waals surface area contributed by atoms with E-state index in [1.807, 2.05) is 78.4 Å². The molecule has 0 aliphatic carbocycles. The highest BCUT2D eigenvalue weighted by Crippen LogP contribution is 2.26. The van der Waals surface area contributed by atoms with E-state index in [0.29, 0.717) is 10.7 Å². The molecule has 0 saturated heterocycles. The molecule has 4 aromatic rings. The molecule has 3 heterocycles. The molecule has 134 valence electrons. The van der Waals surface area contributed by atoms with Crippen molar-refractivity contribution in [1.29, 1.82) is 0 Å². The molecule has 1 N–H and O–H groups in total. The topological polar surface area (TPSA) is 59.8 Å². The van der Waals surface area contributed by atoms with Gasteiger partial charge in [-0.15, -0.1) is 11.3 Å². The van der Waals surface area contributed by atoms with Crippen LogP contribution in [0.1, 0.15) is 21.7 Å². The number of aryl methyl sites for hydroxylation is 1. The second kappa shape index (κ2) is 7.17. The van der Waals surface area contributed by atoms with Crippen molar-refractivity contribution in [2.45, 2.75) is 13.8 Å². The van der Waals surface area contributed by atoms with Crippen LogP contribution in [-0.2, 0) is 0 Å². The van der Waals surface area contributed by atoms with Gasteiger partial charge < -0.3 is 4.57 Å². The largest absolute Gasteiger partial charge is 0.302 e. The molecule has 0 fully saturated rings. The molecule has 0 aliphatic rings. The zero-order chi connectivity index (χ0) is 18.8. The molecule has 5 nitrogen and oxygen atoms in total. The minimum Gasteiger partial charge on any atom is -0.302 e. The first-order valence-corrected chi connectivity index (χ1v) is 9.44. The van der Waals surface area contributed by atoms with Crippen LogP contribution in [0.3, 0.4) is 0 Å². The number of hydrogen-bond donors (Lipinski definition) is 1. The molecule has 0 aliphatic heterocycles. The average molecular weight is 374 g/mol. The number of pyridine rings is 1. The Bertz CT molecular complexity index is 1080. The van der Waals surface area contributed by atoms with Gasteiger partial charge in [0.2, 0.25) is 0 Å². The van der Waals surface area contributed by atoms with E-state index in [0.717, 1.165) is 28.5 Å². The highest BCUT2D eigenvalue weighted by molar-refractivity contribution is 7.14. The van der Waals surface area contributed by atoms with Crippen LogP contribution < -0.4 is 5.32 Å². The van der Waals surface area contributed by atoms with Gasteiger partial charge in [0, 0.05) is 28.5 Å². The normalized spacial score (nSPS) is 10.7. The Kier molecular flexibility index (Phi) is 4.56. The van der Waals surface area contributed by atoms with Crippen molar-refractivity contribution in [3.63, 3.8) is 0 Å². The van der Waals surface area contributed by atoms with Crippen molar-refractivity contribution in [3.05, 3.63) is 83.1 Å². The Morgan fingerprint density at radius 2 is 1.85 bits per heavy atom. The van der Waals surface area contributed by atoms with Gasteiger partial charge in [0.25, 0.3) is 5.91 Å². The third-order valence-corrected chi connectivity index (χ3v) is 5.11. The molecule has 3 aromatic heterocycles.